The Morgan fingerprint density at radius 1 is 0.214 bits per heavy atom. The third-order valence-electron chi connectivity index (χ3n) is 24.5. The fourth-order valence-electron chi connectivity index (χ4n) is 18.1. The second-order valence-corrected chi connectivity index (χ2v) is 35.3. The van der Waals surface area contributed by atoms with E-state index in [4.69, 9.17) is 0 Å². The second-order valence-electron chi connectivity index (χ2n) is 35.3. The summed E-state index contributed by atoms with van der Waals surface area (Å²) in [4.78, 5) is 4.34. The van der Waals surface area contributed by atoms with E-state index in [2.05, 4.69) is 463 Å². The standard InChI is InChI=1S/C28H24N2.C25H23N2.C23H19N2.3C17H15N2.6Rh/c1-20-17-24(22-9-5-4-6-10-22)18-21(2)28(20)23-13-15-25(16-14-23)30-19-29(3)26-11-7-8-12-27(26)30;1-17-14-23(21-8-6-5-7-9-21)15-18(2)25(17)22-10-12-24(13-11-22)27-20(4)16-19(3)26-27;1-17-15-18(2)25(24-17)23-10-6-9-22(16-23)21-13-11-20(12-14-21)19-7-4-3-5-8-19;1-13-12-14(2)19(18-13)17-11-7-6-10-16(17)15-8-4-3-5-9-15;1-13-11-14(2)19(18-13)17-10-6-9-16(12-17)15-7-4-3-5-8-15;1-13-12-14(2)19(18-13)17-10-8-16(9-11-17)15-6-4-3-5-7-15;;;;;;/h4-15,17-19H,1-3H3;5-12,14-16H,1-4H3;3-9,11-16H,1-2H3;3-10,12H,1-2H3;3-9,11-12H,1-2H3;3-10,12H,1-2H3;;;;;;/q-2;5*-1;;;;;;+2. The Kier molecular flexibility index (Phi) is 40.7. The van der Waals surface area contributed by atoms with Crippen molar-refractivity contribution < 1.29 is 117 Å². The Morgan fingerprint density at radius 2 is 0.497 bits per heavy atom. The Morgan fingerprint density at radius 3 is 0.841 bits per heavy atom. The molecular formula is C127H111N12Rh6-5. The largest absolute Gasteiger partial charge is 2.00 e. The molecule has 0 spiro atoms. The SMILES string of the molecule is Cc1cc(-c2ccccc2)cc(C)c1-c1c[c-]c(N2[CH-]N(C)c3ccccc32)cc1.Cc1cc(C)n(-c2[c-]cc(-c3c(C)cc(-c4ccccc4)cc3C)cc2)n1.Cc1cc(C)n(-c2[c-]cc(-c3ccccc3)cc2)n1.Cc1cc(C)n(-c2[c-]ccc(-c3ccc(-c4ccccc4)cc3)c2)n1.Cc1cc(C)n(-c2[c-]ccc(-c3ccccc3)c2)n1.Cc1cc(C)n(-c2[c-]cccc2-c2ccccc2)n1.[Rh+2].[Rh].[Rh].[Rh].[Rh].[Rh]. The summed E-state index contributed by atoms with van der Waals surface area (Å²) in [5, 5.41) is 22.6. The van der Waals surface area contributed by atoms with Gasteiger partial charge in [0.15, 0.2) is 0 Å². The number of anilines is 3. The maximum atomic E-state index is 4.55. The second kappa shape index (κ2) is 52.6. The first-order valence-electron chi connectivity index (χ1n) is 47.0. The summed E-state index contributed by atoms with van der Waals surface area (Å²) in [5.41, 5.74) is 46.1. The zero-order valence-electron chi connectivity index (χ0n) is 83.5. The third kappa shape index (κ3) is 27.6. The molecule has 22 rings (SSSR count). The van der Waals surface area contributed by atoms with Crippen LogP contribution in [0.4, 0.5) is 17.1 Å². The Balaban J connectivity index is 0.000000166. The Hall–Kier alpha value is -13.1. The molecule has 738 valence electrons. The minimum absolute atomic E-state index is 0. The molecule has 6 radical (unpaired) electrons. The summed E-state index contributed by atoms with van der Waals surface area (Å²) in [5.74, 6) is 0. The van der Waals surface area contributed by atoms with Crippen LogP contribution in [0.3, 0.4) is 0 Å². The molecule has 0 saturated carbocycles. The molecule has 16 aromatic carbocycles. The van der Waals surface area contributed by atoms with E-state index in [1.54, 1.807) is 0 Å². The summed E-state index contributed by atoms with van der Waals surface area (Å²) in [6.07, 6.45) is 0. The minimum atomic E-state index is 0. The van der Waals surface area contributed by atoms with Gasteiger partial charge in [-0.15, -0.1) is 69.4 Å². The molecule has 18 heteroatoms. The van der Waals surface area contributed by atoms with Gasteiger partial charge in [-0.3, -0.25) is 23.4 Å². The number of para-hydroxylation sites is 3. The smallest absolute Gasteiger partial charge is 0.504 e. The predicted octanol–water partition coefficient (Wildman–Crippen LogP) is 30.9. The van der Waals surface area contributed by atoms with Crippen molar-refractivity contribution in [2.45, 2.75) is 96.9 Å². The summed E-state index contributed by atoms with van der Waals surface area (Å²) in [6.45, 7) is 31.2. The van der Waals surface area contributed by atoms with Crippen molar-refractivity contribution in [2.24, 2.45) is 0 Å². The van der Waals surface area contributed by atoms with Crippen molar-refractivity contribution in [2.75, 3.05) is 16.8 Å². The molecule has 0 saturated heterocycles. The van der Waals surface area contributed by atoms with Crippen LogP contribution in [0.25, 0.3) is 129 Å². The van der Waals surface area contributed by atoms with Gasteiger partial charge in [0.1, 0.15) is 0 Å². The van der Waals surface area contributed by atoms with Crippen molar-refractivity contribution in [3.05, 3.63) is 517 Å². The van der Waals surface area contributed by atoms with Crippen LogP contribution in [-0.4, -0.2) is 56.0 Å². The molecule has 1 aliphatic heterocycles. The van der Waals surface area contributed by atoms with Crippen molar-refractivity contribution in [3.8, 4) is 129 Å². The number of benzene rings is 16. The zero-order chi connectivity index (χ0) is 96.6. The van der Waals surface area contributed by atoms with Crippen LogP contribution < -0.4 is 9.80 Å². The first kappa shape index (κ1) is 112. The molecule has 0 bridgehead atoms. The predicted molar refractivity (Wildman–Crippen MR) is 574 cm³/mol. The van der Waals surface area contributed by atoms with Crippen LogP contribution in [0.2, 0.25) is 0 Å². The Bertz CT molecular complexity index is 7690. The molecule has 12 nitrogen and oxygen atoms in total. The first-order valence-corrected chi connectivity index (χ1v) is 47.0. The maximum absolute atomic E-state index is 4.55. The molecule has 21 aromatic rings. The van der Waals surface area contributed by atoms with Crippen LogP contribution in [0, 0.1) is 140 Å². The monoisotopic (exact) mass is 2420 g/mol. The number of aromatic nitrogens is 10. The molecule has 145 heavy (non-hydrogen) atoms. The maximum Gasteiger partial charge on any atom is 2.00 e. The van der Waals surface area contributed by atoms with Crippen molar-refractivity contribution in [1.82, 2.24) is 48.9 Å². The average molecular weight is 2420 g/mol. The van der Waals surface area contributed by atoms with Crippen molar-refractivity contribution in [3.63, 3.8) is 0 Å². The fourth-order valence-corrected chi connectivity index (χ4v) is 18.1. The summed E-state index contributed by atoms with van der Waals surface area (Å²) < 4.78 is 9.69. The van der Waals surface area contributed by atoms with Crippen molar-refractivity contribution in [1.29, 1.82) is 0 Å². The number of rotatable bonds is 15. The van der Waals surface area contributed by atoms with Crippen LogP contribution in [0.1, 0.15) is 79.2 Å². The fraction of sp³-hybridized carbons (Fsp3) is 0.118. The Labute approximate surface area is 932 Å². The summed E-state index contributed by atoms with van der Waals surface area (Å²) in [6, 6.07) is 157. The molecule has 0 N–H and O–H groups in total. The van der Waals surface area contributed by atoms with Crippen LogP contribution in [0.5, 0.6) is 0 Å². The average Bonchev–Trinajstić information content (AvgIpc) is 1.70. The number of fused-ring (bicyclic) bond motifs is 1. The molecular weight excluding hydrogens is 2310 g/mol. The van der Waals surface area contributed by atoms with Crippen LogP contribution >= 0.6 is 0 Å². The van der Waals surface area contributed by atoms with Gasteiger partial charge in [0.05, 0.1) is 28.5 Å². The van der Waals surface area contributed by atoms with Crippen LogP contribution in [-0.2, 0) is 117 Å². The van der Waals surface area contributed by atoms with Crippen molar-refractivity contribution >= 4 is 17.1 Å². The van der Waals surface area contributed by atoms with E-state index in [-0.39, 0.29) is 117 Å². The van der Waals surface area contributed by atoms with Crippen LogP contribution in [0.15, 0.2) is 394 Å². The third-order valence-corrected chi connectivity index (χ3v) is 24.5. The van der Waals surface area contributed by atoms with E-state index >= 15 is 0 Å². The molecule has 0 atom stereocenters. The molecule has 0 unspecified atom stereocenters. The van der Waals surface area contributed by atoms with E-state index in [0.717, 1.165) is 96.6 Å². The number of nitrogens with zero attached hydrogens (tertiary/aromatic N) is 12. The van der Waals surface area contributed by atoms with Gasteiger partial charge >= 0.3 is 19.5 Å². The number of hydrogen-bond donors (Lipinski definition) is 0. The van der Waals surface area contributed by atoms with Gasteiger partial charge < -0.3 is 9.80 Å². The molecule has 0 fully saturated rings. The molecule has 6 heterocycles. The van der Waals surface area contributed by atoms with E-state index in [1.165, 1.54) is 128 Å². The van der Waals surface area contributed by atoms with Gasteiger partial charge in [-0.1, -0.05) is 287 Å². The van der Waals surface area contributed by atoms with Gasteiger partial charge in [0, 0.05) is 137 Å². The van der Waals surface area contributed by atoms with Gasteiger partial charge in [0.2, 0.25) is 0 Å². The van der Waals surface area contributed by atoms with Gasteiger partial charge in [0.25, 0.3) is 0 Å². The summed E-state index contributed by atoms with van der Waals surface area (Å²) >= 11 is 0. The van der Waals surface area contributed by atoms with E-state index in [9.17, 15) is 0 Å². The molecule has 0 aliphatic carbocycles. The number of hydrogen-bond acceptors (Lipinski definition) is 7. The molecule has 5 aromatic heterocycles. The van der Waals surface area contributed by atoms with Gasteiger partial charge in [-0.05, 0) is 219 Å². The number of aryl methyl sites for hydroxylation is 14. The van der Waals surface area contributed by atoms with E-state index in [0.29, 0.717) is 0 Å². The van der Waals surface area contributed by atoms with Gasteiger partial charge in [-0.2, -0.15) is 147 Å². The molecule has 1 aliphatic rings. The zero-order valence-corrected chi connectivity index (χ0v) is 93.3. The van der Waals surface area contributed by atoms with E-state index in [1.807, 2.05) is 137 Å². The van der Waals surface area contributed by atoms with E-state index < -0.39 is 0 Å². The summed E-state index contributed by atoms with van der Waals surface area (Å²) in [7, 11) is 2.08. The first-order chi connectivity index (χ1) is 67.6. The van der Waals surface area contributed by atoms with Gasteiger partial charge in [-0.25, -0.2) is 0 Å². The topological polar surface area (TPSA) is 95.6 Å². The normalized spacial score (nSPS) is 10.8. The quantitative estimate of drug-likeness (QED) is 0.0745. The minimum Gasteiger partial charge on any atom is -0.504 e. The molecule has 0 amide bonds.